The molecular formula is C37H49N3O3. The first-order valence-electron chi connectivity index (χ1n) is 16.6. The average Bonchev–Trinajstić information content (AvgIpc) is 2.99. The summed E-state index contributed by atoms with van der Waals surface area (Å²) < 4.78 is 0. The number of nitrogens with zero attached hydrogens (tertiary/aromatic N) is 1. The number of amides is 3. The van der Waals surface area contributed by atoms with E-state index in [9.17, 15) is 14.4 Å². The van der Waals surface area contributed by atoms with Crippen LogP contribution in [-0.2, 0) is 38.1 Å². The van der Waals surface area contributed by atoms with Crippen molar-refractivity contribution in [2.24, 2.45) is 23.2 Å². The Labute approximate surface area is 257 Å². The summed E-state index contributed by atoms with van der Waals surface area (Å²) in [6, 6.07) is 12.6. The summed E-state index contributed by atoms with van der Waals surface area (Å²) in [4.78, 5) is 42.6. The second-order valence-electron chi connectivity index (χ2n) is 14.7. The number of nitrogens with one attached hydrogen (secondary N) is 1. The van der Waals surface area contributed by atoms with Crippen LogP contribution < -0.4 is 11.1 Å². The van der Waals surface area contributed by atoms with Gasteiger partial charge in [-0.05, 0) is 121 Å². The standard InChI is InChI=1S/C37H49N3O3/c1-6-32(41)39-26-15-11-24-13-17-31-36(3,30(24)22-26)19-8-20-37(31,4)34(43)40(5)33(42)27-9-7-18-35(2)28(27)16-12-23-10-14-25(38)21-29(23)35/h10-11,14-15,21-22,27-28,31H,6-9,12-13,16-20,38H2,1-5H3,(H,39,41)/t27?,28?,31?,35?,36?,37-/m0/s1. The van der Waals surface area contributed by atoms with Crippen molar-refractivity contribution in [1.82, 2.24) is 4.90 Å². The zero-order valence-electron chi connectivity index (χ0n) is 26.7. The van der Waals surface area contributed by atoms with E-state index in [1.165, 1.54) is 27.2 Å². The van der Waals surface area contributed by atoms with Gasteiger partial charge >= 0.3 is 0 Å². The second-order valence-corrected chi connectivity index (χ2v) is 14.7. The number of hydrogen-bond acceptors (Lipinski definition) is 4. The smallest absolute Gasteiger partial charge is 0.235 e. The van der Waals surface area contributed by atoms with Gasteiger partial charge in [-0.15, -0.1) is 0 Å². The number of rotatable bonds is 4. The summed E-state index contributed by atoms with van der Waals surface area (Å²) in [5.74, 6) is 0.175. The molecule has 0 radical (unpaired) electrons. The van der Waals surface area contributed by atoms with Gasteiger partial charge in [-0.3, -0.25) is 19.3 Å². The number of imide groups is 1. The Morgan fingerprint density at radius 3 is 2.30 bits per heavy atom. The summed E-state index contributed by atoms with van der Waals surface area (Å²) in [5, 5.41) is 3.04. The molecule has 2 aromatic rings. The van der Waals surface area contributed by atoms with Crippen LogP contribution in [0.4, 0.5) is 11.4 Å². The number of carbonyl (C=O) groups is 3. The molecule has 5 unspecified atom stereocenters. The maximum atomic E-state index is 14.6. The highest BCUT2D eigenvalue weighted by atomic mass is 16.2. The van der Waals surface area contributed by atoms with Crippen LogP contribution in [0.25, 0.3) is 0 Å². The average molecular weight is 584 g/mol. The predicted molar refractivity (Wildman–Crippen MR) is 172 cm³/mol. The van der Waals surface area contributed by atoms with Gasteiger partial charge in [-0.1, -0.05) is 52.7 Å². The van der Waals surface area contributed by atoms with Crippen LogP contribution in [0.3, 0.4) is 0 Å². The molecule has 3 N–H and O–H groups in total. The van der Waals surface area contributed by atoms with Crippen molar-refractivity contribution in [2.75, 3.05) is 18.1 Å². The number of nitrogens with two attached hydrogens (primary N) is 1. The minimum absolute atomic E-state index is 0.00236. The lowest BCUT2D eigenvalue weighted by atomic mass is 9.49. The molecule has 43 heavy (non-hydrogen) atoms. The van der Waals surface area contributed by atoms with Crippen LogP contribution in [0.5, 0.6) is 0 Å². The summed E-state index contributed by atoms with van der Waals surface area (Å²) >= 11 is 0. The normalized spacial score (nSPS) is 32.8. The minimum Gasteiger partial charge on any atom is -0.399 e. The van der Waals surface area contributed by atoms with Gasteiger partial charge in [0.05, 0.1) is 5.41 Å². The molecular weight excluding hydrogens is 534 g/mol. The van der Waals surface area contributed by atoms with Crippen molar-refractivity contribution in [3.05, 3.63) is 58.7 Å². The first-order valence-corrected chi connectivity index (χ1v) is 16.6. The van der Waals surface area contributed by atoms with Gasteiger partial charge in [0.15, 0.2) is 0 Å². The van der Waals surface area contributed by atoms with Gasteiger partial charge in [0, 0.05) is 30.8 Å². The molecule has 2 saturated carbocycles. The van der Waals surface area contributed by atoms with Crippen LogP contribution in [0.2, 0.25) is 0 Å². The molecule has 6 nitrogen and oxygen atoms in total. The molecule has 3 amide bonds. The number of benzene rings is 2. The molecule has 2 aromatic carbocycles. The fraction of sp³-hybridized carbons (Fsp3) is 0.595. The summed E-state index contributed by atoms with van der Waals surface area (Å²) in [6.45, 7) is 8.61. The zero-order valence-corrected chi connectivity index (χ0v) is 26.7. The Hall–Kier alpha value is -3.15. The van der Waals surface area contributed by atoms with Crippen LogP contribution >= 0.6 is 0 Å². The zero-order chi connectivity index (χ0) is 30.7. The molecule has 230 valence electrons. The Morgan fingerprint density at radius 2 is 1.56 bits per heavy atom. The van der Waals surface area contributed by atoms with Crippen molar-refractivity contribution in [1.29, 1.82) is 0 Å². The topological polar surface area (TPSA) is 92.5 Å². The molecule has 6 heteroatoms. The Bertz CT molecular complexity index is 1470. The molecule has 0 spiro atoms. The monoisotopic (exact) mass is 583 g/mol. The van der Waals surface area contributed by atoms with E-state index in [0.29, 0.717) is 6.42 Å². The van der Waals surface area contributed by atoms with Crippen molar-refractivity contribution in [2.45, 2.75) is 109 Å². The molecule has 0 aliphatic heterocycles. The summed E-state index contributed by atoms with van der Waals surface area (Å²) in [5.41, 5.74) is 12.2. The fourth-order valence-corrected chi connectivity index (χ4v) is 10.1. The van der Waals surface area contributed by atoms with E-state index in [1.54, 1.807) is 7.05 Å². The molecule has 4 aliphatic rings. The molecule has 6 rings (SSSR count). The second kappa shape index (κ2) is 10.8. The molecule has 2 fully saturated rings. The van der Waals surface area contributed by atoms with Crippen LogP contribution in [-0.4, -0.2) is 29.7 Å². The van der Waals surface area contributed by atoms with Crippen LogP contribution in [0, 0.1) is 23.2 Å². The summed E-state index contributed by atoms with van der Waals surface area (Å²) in [6.07, 6.45) is 9.79. The Kier molecular flexibility index (Phi) is 7.50. The van der Waals surface area contributed by atoms with Gasteiger partial charge in [-0.25, -0.2) is 0 Å². The Balaban J connectivity index is 1.27. The van der Waals surface area contributed by atoms with Crippen molar-refractivity contribution >= 4 is 29.1 Å². The van der Waals surface area contributed by atoms with Crippen molar-refractivity contribution < 1.29 is 14.4 Å². The lowest BCUT2D eigenvalue weighted by Gasteiger charge is -2.55. The third-order valence-electron chi connectivity index (χ3n) is 12.4. The van der Waals surface area contributed by atoms with E-state index in [2.05, 4.69) is 50.4 Å². The third-order valence-corrected chi connectivity index (χ3v) is 12.4. The first-order chi connectivity index (χ1) is 20.4. The van der Waals surface area contributed by atoms with Gasteiger partial charge in [-0.2, -0.15) is 0 Å². The predicted octanol–water partition coefficient (Wildman–Crippen LogP) is 6.93. The quantitative estimate of drug-likeness (QED) is 0.301. The first kappa shape index (κ1) is 29.9. The maximum absolute atomic E-state index is 14.6. The highest BCUT2D eigenvalue weighted by Gasteiger charge is 2.57. The SMILES string of the molecule is CCC(=O)Nc1ccc2c(c1)C1(C)CCC[C@](C)(C(=O)N(C)C(=O)C3CCCC4(C)c5cc(N)ccc5CCC34)C1CC2. The van der Waals surface area contributed by atoms with Crippen LogP contribution in [0.1, 0.15) is 108 Å². The number of hydrogen-bond donors (Lipinski definition) is 2. The van der Waals surface area contributed by atoms with E-state index in [4.69, 9.17) is 5.73 Å². The number of carbonyl (C=O) groups excluding carboxylic acids is 3. The molecule has 4 aliphatic carbocycles. The van der Waals surface area contributed by atoms with E-state index in [0.717, 1.165) is 75.6 Å². The van der Waals surface area contributed by atoms with E-state index in [-0.39, 0.29) is 46.3 Å². The van der Waals surface area contributed by atoms with Gasteiger partial charge in [0.2, 0.25) is 17.7 Å². The number of aryl methyl sites for hydroxylation is 2. The van der Waals surface area contributed by atoms with E-state index < -0.39 is 5.41 Å². The molecule has 0 heterocycles. The number of anilines is 2. The van der Waals surface area contributed by atoms with Gasteiger partial charge in [0.1, 0.15) is 0 Å². The number of fused-ring (bicyclic) bond motifs is 6. The minimum atomic E-state index is -0.622. The van der Waals surface area contributed by atoms with Crippen molar-refractivity contribution in [3.8, 4) is 0 Å². The maximum Gasteiger partial charge on any atom is 0.235 e. The largest absolute Gasteiger partial charge is 0.399 e. The lowest BCUT2D eigenvalue weighted by molar-refractivity contribution is -0.160. The van der Waals surface area contributed by atoms with Crippen molar-refractivity contribution in [3.63, 3.8) is 0 Å². The molecule has 6 atom stereocenters. The summed E-state index contributed by atoms with van der Waals surface area (Å²) in [7, 11) is 1.75. The highest BCUT2D eigenvalue weighted by molar-refractivity contribution is 5.99. The molecule has 0 bridgehead atoms. The Morgan fingerprint density at radius 1 is 0.884 bits per heavy atom. The van der Waals surface area contributed by atoms with E-state index in [1.807, 2.05) is 19.1 Å². The molecule has 0 saturated heterocycles. The van der Waals surface area contributed by atoms with Gasteiger partial charge in [0.25, 0.3) is 0 Å². The van der Waals surface area contributed by atoms with Crippen LogP contribution in [0.15, 0.2) is 36.4 Å². The molecule has 0 aromatic heterocycles. The van der Waals surface area contributed by atoms with Gasteiger partial charge < -0.3 is 11.1 Å². The van der Waals surface area contributed by atoms with E-state index >= 15 is 0 Å². The lowest BCUT2D eigenvalue weighted by Crippen LogP contribution is -2.58. The number of nitrogen functional groups attached to an aromatic ring is 1. The fourth-order valence-electron chi connectivity index (χ4n) is 10.1. The third kappa shape index (κ3) is 4.71. The highest BCUT2D eigenvalue weighted by Crippen LogP contribution is 2.58.